The molecule has 40 heavy (non-hydrogen) atoms. The van der Waals surface area contributed by atoms with Gasteiger partial charge >= 0.3 is 0 Å². The monoisotopic (exact) mass is 539 g/mol. The minimum atomic E-state index is -0.566. The van der Waals surface area contributed by atoms with Crippen molar-refractivity contribution in [1.82, 2.24) is 14.9 Å². The molecule has 206 valence electrons. The standard InChI is InChI=1S/C32H34FN5O2/c1-20-25(18-34-30(35-20)37-13-11-36(5)12-14-37)27(39)17-24-23-15-22(33)16-26-28(23)38(29(24)40)31(2,3)19-32(26,4)21-9-7-6-8-10-21/h6-10,15-18H,11-14,19H2,1-5H3/b24-17+. The van der Waals surface area contributed by atoms with Gasteiger partial charge in [-0.05, 0) is 63.6 Å². The zero-order valence-corrected chi connectivity index (χ0v) is 23.7. The van der Waals surface area contributed by atoms with E-state index in [1.54, 1.807) is 24.1 Å². The van der Waals surface area contributed by atoms with Crippen LogP contribution in [0.4, 0.5) is 16.0 Å². The molecule has 3 aliphatic heterocycles. The van der Waals surface area contributed by atoms with Crippen molar-refractivity contribution in [3.8, 4) is 0 Å². The van der Waals surface area contributed by atoms with Gasteiger partial charge in [0.15, 0.2) is 5.78 Å². The van der Waals surface area contributed by atoms with Crippen LogP contribution >= 0.6 is 0 Å². The van der Waals surface area contributed by atoms with Crippen molar-refractivity contribution >= 4 is 28.9 Å². The van der Waals surface area contributed by atoms with Gasteiger partial charge in [-0.25, -0.2) is 14.4 Å². The van der Waals surface area contributed by atoms with Gasteiger partial charge in [-0.15, -0.1) is 0 Å². The number of carbonyl (C=O) groups is 2. The van der Waals surface area contributed by atoms with E-state index in [1.807, 2.05) is 32.0 Å². The summed E-state index contributed by atoms with van der Waals surface area (Å²) in [4.78, 5) is 42.7. The number of amides is 1. The number of aromatic nitrogens is 2. The third kappa shape index (κ3) is 4.13. The van der Waals surface area contributed by atoms with Crippen LogP contribution in [0.3, 0.4) is 0 Å². The summed E-state index contributed by atoms with van der Waals surface area (Å²) in [6.45, 7) is 11.4. The molecular weight excluding hydrogens is 505 g/mol. The van der Waals surface area contributed by atoms with E-state index < -0.39 is 16.8 Å². The predicted octanol–water partition coefficient (Wildman–Crippen LogP) is 4.78. The molecule has 3 aromatic rings. The normalized spacial score (nSPS) is 23.1. The van der Waals surface area contributed by atoms with E-state index in [-0.39, 0.29) is 17.3 Å². The molecule has 1 atom stereocenters. The van der Waals surface area contributed by atoms with Crippen LogP contribution in [-0.4, -0.2) is 65.3 Å². The summed E-state index contributed by atoms with van der Waals surface area (Å²) < 4.78 is 15.2. The fourth-order valence-electron chi connectivity index (χ4n) is 6.69. The van der Waals surface area contributed by atoms with Crippen molar-refractivity contribution in [3.05, 3.63) is 88.5 Å². The second kappa shape index (κ2) is 9.34. The lowest BCUT2D eigenvalue weighted by molar-refractivity contribution is -0.114. The molecule has 1 aromatic heterocycles. The maximum atomic E-state index is 15.2. The van der Waals surface area contributed by atoms with Crippen LogP contribution in [0.25, 0.3) is 5.57 Å². The van der Waals surface area contributed by atoms with Gasteiger partial charge in [0, 0.05) is 48.9 Å². The van der Waals surface area contributed by atoms with Crippen LogP contribution in [0.15, 0.2) is 54.7 Å². The first-order chi connectivity index (χ1) is 19.0. The average Bonchev–Trinajstić information content (AvgIpc) is 3.19. The fraction of sp³-hybridized carbons (Fsp3) is 0.375. The lowest BCUT2D eigenvalue weighted by atomic mass is 9.65. The van der Waals surface area contributed by atoms with Crippen LogP contribution in [0.5, 0.6) is 0 Å². The van der Waals surface area contributed by atoms with Crippen LogP contribution in [-0.2, 0) is 10.2 Å². The first-order valence-electron chi connectivity index (χ1n) is 13.8. The Morgan fingerprint density at radius 1 is 1.05 bits per heavy atom. The van der Waals surface area contributed by atoms with Gasteiger partial charge in [0.05, 0.1) is 22.5 Å². The number of hydrogen-bond acceptors (Lipinski definition) is 6. The summed E-state index contributed by atoms with van der Waals surface area (Å²) in [5, 5.41) is 0. The van der Waals surface area contributed by atoms with Gasteiger partial charge in [-0.1, -0.05) is 37.3 Å². The predicted molar refractivity (Wildman–Crippen MR) is 154 cm³/mol. The molecule has 0 spiro atoms. The lowest BCUT2D eigenvalue weighted by Crippen LogP contribution is -2.54. The van der Waals surface area contributed by atoms with Gasteiger partial charge in [0.1, 0.15) is 5.82 Å². The molecule has 3 aliphatic rings. The minimum absolute atomic E-state index is 0.202. The summed E-state index contributed by atoms with van der Waals surface area (Å²) in [6.07, 6.45) is 3.49. The number of benzene rings is 2. The Balaban J connectivity index is 1.42. The molecule has 0 saturated carbocycles. The zero-order chi connectivity index (χ0) is 28.4. The third-order valence-electron chi connectivity index (χ3n) is 8.71. The highest BCUT2D eigenvalue weighted by Crippen LogP contribution is 2.56. The molecule has 2 aromatic carbocycles. The Hall–Kier alpha value is -3.91. The van der Waals surface area contributed by atoms with Crippen molar-refractivity contribution in [2.75, 3.05) is 43.0 Å². The molecule has 1 fully saturated rings. The Morgan fingerprint density at radius 3 is 2.42 bits per heavy atom. The summed E-state index contributed by atoms with van der Waals surface area (Å²) in [7, 11) is 2.08. The molecule has 0 radical (unpaired) electrons. The molecule has 4 heterocycles. The molecule has 1 amide bonds. The number of carbonyl (C=O) groups excluding carboxylic acids is 2. The van der Waals surface area contributed by atoms with Crippen molar-refractivity contribution in [2.24, 2.45) is 0 Å². The molecule has 1 unspecified atom stereocenters. The SMILES string of the molecule is Cc1nc(N2CCN(C)CC2)ncc1C(=O)/C=C1/C(=O)N2c3c1cc(F)cc3C(C)(c1ccccc1)CC2(C)C. The van der Waals surface area contributed by atoms with Gasteiger partial charge in [-0.2, -0.15) is 0 Å². The number of ketones is 1. The second-order valence-corrected chi connectivity index (χ2v) is 12.1. The van der Waals surface area contributed by atoms with E-state index in [2.05, 4.69) is 45.9 Å². The number of hydrogen-bond donors (Lipinski definition) is 0. The van der Waals surface area contributed by atoms with E-state index in [4.69, 9.17) is 0 Å². The smallest absolute Gasteiger partial charge is 0.259 e. The number of piperazine rings is 1. The molecule has 0 N–H and O–H groups in total. The van der Waals surface area contributed by atoms with Crippen LogP contribution in [0, 0.1) is 12.7 Å². The number of anilines is 2. The lowest BCUT2D eigenvalue weighted by Gasteiger charge is -2.49. The van der Waals surface area contributed by atoms with E-state index in [9.17, 15) is 9.59 Å². The Kier molecular flexibility index (Phi) is 6.14. The van der Waals surface area contributed by atoms with Crippen LogP contribution in [0.2, 0.25) is 0 Å². The minimum Gasteiger partial charge on any atom is -0.338 e. The summed E-state index contributed by atoms with van der Waals surface area (Å²) in [6, 6.07) is 12.9. The summed E-state index contributed by atoms with van der Waals surface area (Å²) in [5.74, 6) is -0.488. The zero-order valence-electron chi connectivity index (χ0n) is 23.7. The highest BCUT2D eigenvalue weighted by Gasteiger charge is 2.53. The second-order valence-electron chi connectivity index (χ2n) is 12.1. The van der Waals surface area contributed by atoms with E-state index in [1.165, 1.54) is 12.1 Å². The summed E-state index contributed by atoms with van der Waals surface area (Å²) >= 11 is 0. The first kappa shape index (κ1) is 26.3. The van der Waals surface area contributed by atoms with Gasteiger partial charge in [0.25, 0.3) is 5.91 Å². The fourth-order valence-corrected chi connectivity index (χ4v) is 6.69. The van der Waals surface area contributed by atoms with E-state index in [0.717, 1.165) is 37.3 Å². The van der Waals surface area contributed by atoms with Crippen molar-refractivity contribution in [1.29, 1.82) is 0 Å². The molecule has 7 nitrogen and oxygen atoms in total. The molecule has 6 rings (SSSR count). The van der Waals surface area contributed by atoms with E-state index >= 15 is 4.39 Å². The molecule has 0 bridgehead atoms. The number of allylic oxidation sites excluding steroid dienone is 1. The third-order valence-corrected chi connectivity index (χ3v) is 8.71. The highest BCUT2D eigenvalue weighted by atomic mass is 19.1. The quantitative estimate of drug-likeness (QED) is 0.351. The number of halogens is 1. The first-order valence-corrected chi connectivity index (χ1v) is 13.8. The Bertz CT molecular complexity index is 1560. The average molecular weight is 540 g/mol. The maximum Gasteiger partial charge on any atom is 0.259 e. The number of rotatable bonds is 4. The number of nitrogens with zero attached hydrogens (tertiary/aromatic N) is 5. The largest absolute Gasteiger partial charge is 0.338 e. The Labute approximate surface area is 234 Å². The molecule has 8 heteroatoms. The van der Waals surface area contributed by atoms with Crippen LogP contribution < -0.4 is 9.80 Å². The van der Waals surface area contributed by atoms with Gasteiger partial charge < -0.3 is 14.7 Å². The van der Waals surface area contributed by atoms with Crippen molar-refractivity contribution in [2.45, 2.75) is 45.1 Å². The van der Waals surface area contributed by atoms with Crippen molar-refractivity contribution in [3.63, 3.8) is 0 Å². The van der Waals surface area contributed by atoms with Crippen molar-refractivity contribution < 1.29 is 14.0 Å². The van der Waals surface area contributed by atoms with Gasteiger partial charge in [-0.3, -0.25) is 9.59 Å². The Morgan fingerprint density at radius 2 is 1.75 bits per heavy atom. The molecule has 1 saturated heterocycles. The maximum absolute atomic E-state index is 15.2. The molecular formula is C32H34FN5O2. The van der Waals surface area contributed by atoms with Gasteiger partial charge in [0.2, 0.25) is 5.95 Å². The molecule has 0 aliphatic carbocycles. The van der Waals surface area contributed by atoms with Crippen LogP contribution in [0.1, 0.15) is 59.9 Å². The summed E-state index contributed by atoms with van der Waals surface area (Å²) in [5.41, 5.74) is 2.96. The topological polar surface area (TPSA) is 69.6 Å². The van der Waals surface area contributed by atoms with E-state index in [0.29, 0.717) is 34.9 Å². The number of likely N-dealkylation sites (N-methyl/N-ethyl adjacent to an activating group) is 1. The number of aryl methyl sites for hydroxylation is 1. The highest BCUT2D eigenvalue weighted by molar-refractivity contribution is 6.36.